The quantitative estimate of drug-likeness (QED) is 0.268. The van der Waals surface area contributed by atoms with Crippen molar-refractivity contribution in [1.82, 2.24) is 0 Å². The lowest BCUT2D eigenvalue weighted by molar-refractivity contribution is -0.0963. The predicted octanol–water partition coefficient (Wildman–Crippen LogP) is 6.49. The van der Waals surface area contributed by atoms with Gasteiger partial charge in [0.25, 0.3) is 0 Å². The van der Waals surface area contributed by atoms with Crippen LogP contribution in [0.15, 0.2) is 48.5 Å². The van der Waals surface area contributed by atoms with Gasteiger partial charge >= 0.3 is 15.6 Å². The van der Waals surface area contributed by atoms with Crippen LogP contribution in [0, 0.1) is 23.2 Å². The summed E-state index contributed by atoms with van der Waals surface area (Å²) in [5.74, 6) is 0.701. The van der Waals surface area contributed by atoms with E-state index in [1.54, 1.807) is 6.08 Å². The molecule has 9 heteroatoms. The lowest BCUT2D eigenvalue weighted by Gasteiger charge is -2.63. The zero-order valence-electron chi connectivity index (χ0n) is 19.0. The van der Waals surface area contributed by atoms with Crippen LogP contribution in [-0.2, 0) is 14.7 Å². The van der Waals surface area contributed by atoms with E-state index in [-0.39, 0.29) is 17.0 Å². The minimum Gasteiger partial charge on any atom is -0.376 e. The summed E-state index contributed by atoms with van der Waals surface area (Å²) in [7, 11) is -8.95. The monoisotopic (exact) mass is 510 g/mol. The van der Waals surface area contributed by atoms with Crippen LogP contribution < -0.4 is 9.49 Å². The first-order chi connectivity index (χ1) is 15.8. The van der Waals surface area contributed by atoms with Crippen LogP contribution in [0.3, 0.4) is 0 Å². The Bertz CT molecular complexity index is 1330. The minimum absolute atomic E-state index is 0.0809. The molecule has 0 aromatic heterocycles. The Labute approximate surface area is 197 Å². The zero-order chi connectivity index (χ0) is 24.7. The highest BCUT2D eigenvalue weighted by Gasteiger charge is 2.61. The van der Waals surface area contributed by atoms with Crippen molar-refractivity contribution < 1.29 is 30.3 Å². The molecule has 1 heterocycles. The van der Waals surface area contributed by atoms with Crippen LogP contribution in [-0.4, -0.2) is 19.6 Å². The van der Waals surface area contributed by atoms with Crippen LogP contribution >= 0.6 is 7.14 Å². The van der Waals surface area contributed by atoms with Gasteiger partial charge in [0, 0.05) is 16.3 Å². The first kappa shape index (κ1) is 23.7. The zero-order valence-corrected chi connectivity index (χ0v) is 20.8. The topological polar surface area (TPSA) is 60.4 Å². The predicted molar refractivity (Wildman–Crippen MR) is 127 cm³/mol. The number of fused-ring (bicyclic) bond motifs is 3. The van der Waals surface area contributed by atoms with Crippen molar-refractivity contribution in [3.8, 4) is 5.75 Å². The Morgan fingerprint density at radius 1 is 1.06 bits per heavy atom. The molecular weight excluding hydrogens is 484 g/mol. The molecule has 3 fully saturated rings. The van der Waals surface area contributed by atoms with Gasteiger partial charge in [0.2, 0.25) is 0 Å². The molecule has 182 valence electrons. The lowest BCUT2D eigenvalue weighted by atomic mass is 9.46. The summed E-state index contributed by atoms with van der Waals surface area (Å²) < 4.78 is 80.9. The standard InChI is InChI=1S/C25H26F3O4PS/c1-15-20-13-18(24(20,2)3)14-22(15)33(29)21-10-9-19(32-34(30,31)25(26,27)28)11-17(21)12-23(33)16-7-5-4-6-8-16/h4-12,15,18,20,22H,13-14H2,1-3H3/t15-,18+,20-,22-,33+/m1/s1. The van der Waals surface area contributed by atoms with E-state index >= 15 is 4.57 Å². The molecule has 2 bridgehead atoms. The van der Waals surface area contributed by atoms with Crippen molar-refractivity contribution >= 4 is 34.0 Å². The Morgan fingerprint density at radius 3 is 2.32 bits per heavy atom. The smallest absolute Gasteiger partial charge is 0.376 e. The summed E-state index contributed by atoms with van der Waals surface area (Å²) >= 11 is 0. The van der Waals surface area contributed by atoms with Gasteiger partial charge in [0.1, 0.15) is 12.9 Å². The van der Waals surface area contributed by atoms with Crippen LogP contribution in [0.1, 0.15) is 44.7 Å². The number of hydrogen-bond donors (Lipinski definition) is 0. The Kier molecular flexibility index (Phi) is 5.21. The van der Waals surface area contributed by atoms with Gasteiger partial charge in [-0.15, -0.1) is 0 Å². The van der Waals surface area contributed by atoms with E-state index in [9.17, 15) is 21.6 Å². The molecule has 3 aliphatic carbocycles. The van der Waals surface area contributed by atoms with E-state index in [1.165, 1.54) is 18.2 Å². The Balaban J connectivity index is 1.60. The van der Waals surface area contributed by atoms with Gasteiger partial charge in [-0.05, 0) is 71.4 Å². The molecule has 2 aromatic carbocycles. The third kappa shape index (κ3) is 3.32. The maximum absolute atomic E-state index is 15.1. The van der Waals surface area contributed by atoms with Gasteiger partial charge in [0.15, 0.2) is 0 Å². The number of benzene rings is 2. The average molecular weight is 511 g/mol. The van der Waals surface area contributed by atoms with Gasteiger partial charge in [0.05, 0.1) is 0 Å². The summed E-state index contributed by atoms with van der Waals surface area (Å²) in [6, 6.07) is 13.3. The lowest BCUT2D eigenvalue weighted by Crippen LogP contribution is -2.56. The van der Waals surface area contributed by atoms with Crippen molar-refractivity contribution in [2.24, 2.45) is 23.2 Å². The van der Waals surface area contributed by atoms with Gasteiger partial charge < -0.3 is 8.75 Å². The van der Waals surface area contributed by atoms with E-state index < -0.39 is 28.5 Å². The first-order valence-corrected chi connectivity index (χ1v) is 14.5. The molecule has 0 unspecified atom stereocenters. The van der Waals surface area contributed by atoms with E-state index in [0.717, 1.165) is 18.4 Å². The van der Waals surface area contributed by atoms with E-state index in [0.29, 0.717) is 28.0 Å². The largest absolute Gasteiger partial charge is 0.534 e. The average Bonchev–Trinajstić information content (AvgIpc) is 3.05. The minimum atomic E-state index is -5.80. The third-order valence-corrected chi connectivity index (χ3v) is 13.2. The van der Waals surface area contributed by atoms with Gasteiger partial charge in [-0.1, -0.05) is 51.1 Å². The molecule has 1 aliphatic heterocycles. The van der Waals surface area contributed by atoms with Crippen LogP contribution in [0.2, 0.25) is 0 Å². The summed E-state index contributed by atoms with van der Waals surface area (Å²) in [6.07, 6.45) is 3.69. The third-order valence-electron chi connectivity index (χ3n) is 8.35. The molecule has 0 amide bonds. The molecule has 2 aromatic rings. The SMILES string of the molecule is C[C@@H]1[C@H]2C[C@@H](C[C@H]1[P@]1(=O)C(c3ccccc3)=Cc3cc(OS(=O)(=O)C(F)(F)F)ccc31)C2(C)C. The Hall–Kier alpha value is -2.05. The second-order valence-electron chi connectivity index (χ2n) is 10.3. The highest BCUT2D eigenvalue weighted by Crippen LogP contribution is 2.74. The number of rotatable bonds is 4. The van der Waals surface area contributed by atoms with Gasteiger partial charge in [-0.2, -0.15) is 21.6 Å². The Morgan fingerprint density at radius 2 is 1.74 bits per heavy atom. The summed E-state index contributed by atoms with van der Waals surface area (Å²) in [6.45, 7) is 6.71. The molecule has 6 rings (SSSR count). The molecule has 3 saturated carbocycles. The first-order valence-electron chi connectivity index (χ1n) is 11.3. The molecule has 4 aliphatic rings. The molecule has 4 nitrogen and oxygen atoms in total. The molecule has 0 radical (unpaired) electrons. The fourth-order valence-corrected chi connectivity index (χ4v) is 10.9. The second kappa shape index (κ2) is 7.47. The van der Waals surface area contributed by atoms with Crippen molar-refractivity contribution in [2.75, 3.05) is 0 Å². The highest BCUT2D eigenvalue weighted by atomic mass is 32.2. The maximum atomic E-state index is 15.1. The normalized spacial score (nSPS) is 31.9. The fourth-order valence-electron chi connectivity index (χ4n) is 6.39. The van der Waals surface area contributed by atoms with E-state index in [1.807, 2.05) is 30.3 Å². The van der Waals surface area contributed by atoms with Crippen molar-refractivity contribution in [3.05, 3.63) is 59.7 Å². The number of hydrogen-bond acceptors (Lipinski definition) is 4. The molecule has 0 N–H and O–H groups in total. The van der Waals surface area contributed by atoms with Crippen LogP contribution in [0.4, 0.5) is 13.2 Å². The molecule has 0 spiro atoms. The number of halogens is 3. The second-order valence-corrected chi connectivity index (χ2v) is 14.8. The van der Waals surface area contributed by atoms with Crippen molar-refractivity contribution in [1.29, 1.82) is 0 Å². The van der Waals surface area contributed by atoms with E-state index in [4.69, 9.17) is 0 Å². The summed E-state index contributed by atoms with van der Waals surface area (Å²) in [4.78, 5) is 0. The fraction of sp³-hybridized carbons (Fsp3) is 0.440. The highest BCUT2D eigenvalue weighted by molar-refractivity contribution is 7.88. The number of alkyl halides is 3. The molecular formula is C25H26F3O4PS. The summed E-state index contributed by atoms with van der Waals surface area (Å²) in [5.41, 5.74) is -4.15. The molecule has 5 atom stereocenters. The maximum Gasteiger partial charge on any atom is 0.534 e. The van der Waals surface area contributed by atoms with E-state index in [2.05, 4.69) is 25.0 Å². The van der Waals surface area contributed by atoms with Crippen molar-refractivity contribution in [3.63, 3.8) is 0 Å². The van der Waals surface area contributed by atoms with Gasteiger partial charge in [-0.25, -0.2) is 0 Å². The molecule has 34 heavy (non-hydrogen) atoms. The summed E-state index contributed by atoms with van der Waals surface area (Å²) in [5, 5.41) is 1.24. The van der Waals surface area contributed by atoms with Crippen LogP contribution in [0.25, 0.3) is 11.4 Å². The van der Waals surface area contributed by atoms with Crippen molar-refractivity contribution in [2.45, 2.75) is 44.8 Å². The molecule has 0 saturated heterocycles. The van der Waals surface area contributed by atoms with Gasteiger partial charge in [-0.3, -0.25) is 0 Å². The van der Waals surface area contributed by atoms with Crippen LogP contribution in [0.5, 0.6) is 5.75 Å².